The van der Waals surface area contributed by atoms with Crippen molar-refractivity contribution >= 4 is 38.6 Å². The van der Waals surface area contributed by atoms with Gasteiger partial charge >= 0.3 is 0 Å². The van der Waals surface area contributed by atoms with Crippen molar-refractivity contribution in [2.75, 3.05) is 0 Å². The molecule has 1 N–H and O–H groups in total. The summed E-state index contributed by atoms with van der Waals surface area (Å²) in [6, 6.07) is 21.3. The Hall–Kier alpha value is -2.61. The number of fused-ring (bicyclic) bond motifs is 2. The average Bonchev–Trinajstić information content (AvgIpc) is 2.78. The minimum Gasteiger partial charge on any atom is -0.460 e. The number of halogens is 1. The van der Waals surface area contributed by atoms with E-state index in [-0.39, 0.29) is 5.56 Å². The standard InChI is InChI=1S/C23H17BrN2O3S/c24-17-10-15-12-28-22(14-6-2-1-3-7-14)29-20(15)16(11-17)13-30-23-25-19-9-5-4-8-18(19)21(27)26-23/h1-11,22H,12-13H2,(H,25,26,27)/t22-/m1/s1. The van der Waals surface area contributed by atoms with Crippen molar-refractivity contribution < 1.29 is 9.47 Å². The van der Waals surface area contributed by atoms with E-state index < -0.39 is 6.29 Å². The van der Waals surface area contributed by atoms with Crippen LogP contribution in [0.4, 0.5) is 0 Å². The molecule has 150 valence electrons. The van der Waals surface area contributed by atoms with E-state index in [4.69, 9.17) is 9.47 Å². The zero-order valence-corrected chi connectivity index (χ0v) is 18.2. The van der Waals surface area contributed by atoms with Gasteiger partial charge in [-0.3, -0.25) is 4.79 Å². The molecular formula is C23H17BrN2O3S. The molecule has 7 heteroatoms. The Morgan fingerprint density at radius 1 is 1.10 bits per heavy atom. The van der Waals surface area contributed by atoms with Crippen molar-refractivity contribution in [2.24, 2.45) is 0 Å². The van der Waals surface area contributed by atoms with Gasteiger partial charge in [0.2, 0.25) is 6.29 Å². The third-order valence-electron chi connectivity index (χ3n) is 4.85. The highest BCUT2D eigenvalue weighted by atomic mass is 79.9. The van der Waals surface area contributed by atoms with E-state index >= 15 is 0 Å². The number of hydrogen-bond acceptors (Lipinski definition) is 5. The lowest BCUT2D eigenvalue weighted by Gasteiger charge is -2.28. The third kappa shape index (κ3) is 3.88. The van der Waals surface area contributed by atoms with Crippen molar-refractivity contribution in [1.29, 1.82) is 0 Å². The summed E-state index contributed by atoms with van der Waals surface area (Å²) in [5.74, 6) is 1.43. The Morgan fingerprint density at radius 3 is 2.77 bits per heavy atom. The van der Waals surface area contributed by atoms with Gasteiger partial charge in [0.25, 0.3) is 5.56 Å². The molecule has 0 fully saturated rings. The van der Waals surface area contributed by atoms with E-state index in [9.17, 15) is 4.79 Å². The molecule has 30 heavy (non-hydrogen) atoms. The first-order chi connectivity index (χ1) is 14.7. The van der Waals surface area contributed by atoms with Gasteiger partial charge in [-0.15, -0.1) is 0 Å². The molecule has 1 aliphatic heterocycles. The van der Waals surface area contributed by atoms with Gasteiger partial charge in [0, 0.05) is 26.9 Å². The Bertz CT molecular complexity index is 1280. The van der Waals surface area contributed by atoms with Crippen LogP contribution in [0.3, 0.4) is 0 Å². The molecule has 4 aromatic rings. The van der Waals surface area contributed by atoms with Gasteiger partial charge in [0.15, 0.2) is 5.16 Å². The van der Waals surface area contributed by atoms with Crippen molar-refractivity contribution in [1.82, 2.24) is 9.97 Å². The second-order valence-corrected chi connectivity index (χ2v) is 8.78. The molecule has 2 heterocycles. The van der Waals surface area contributed by atoms with Gasteiger partial charge in [-0.25, -0.2) is 4.98 Å². The van der Waals surface area contributed by atoms with Crippen molar-refractivity contribution in [3.05, 3.63) is 98.2 Å². The molecule has 0 saturated carbocycles. The molecule has 0 radical (unpaired) electrons. The number of ether oxygens (including phenoxy) is 2. The molecule has 0 unspecified atom stereocenters. The van der Waals surface area contributed by atoms with Gasteiger partial charge in [-0.2, -0.15) is 0 Å². The van der Waals surface area contributed by atoms with Crippen LogP contribution in [0, 0.1) is 0 Å². The SMILES string of the molecule is O=c1[nH]c(SCc2cc(Br)cc3c2O[C@H](c2ccccc2)OC3)nc2ccccc12. The highest BCUT2D eigenvalue weighted by Crippen LogP contribution is 2.39. The molecule has 1 aromatic heterocycles. The normalized spacial score (nSPS) is 15.6. The van der Waals surface area contributed by atoms with E-state index in [1.807, 2.05) is 60.7 Å². The predicted octanol–water partition coefficient (Wildman–Crippen LogP) is 5.59. The van der Waals surface area contributed by atoms with Gasteiger partial charge in [-0.1, -0.05) is 70.2 Å². The third-order valence-corrected chi connectivity index (χ3v) is 6.23. The van der Waals surface area contributed by atoms with Crippen LogP contribution in [-0.2, 0) is 17.1 Å². The first-order valence-corrected chi connectivity index (χ1v) is 11.2. The summed E-state index contributed by atoms with van der Waals surface area (Å²) in [4.78, 5) is 19.8. The number of para-hydroxylation sites is 1. The van der Waals surface area contributed by atoms with Gasteiger partial charge in [0.05, 0.1) is 17.5 Å². The van der Waals surface area contributed by atoms with Crippen LogP contribution in [0.5, 0.6) is 5.75 Å². The van der Waals surface area contributed by atoms with Crippen LogP contribution in [0.1, 0.15) is 23.0 Å². The van der Waals surface area contributed by atoms with Crippen molar-refractivity contribution in [3.8, 4) is 5.75 Å². The Labute approximate surface area is 185 Å². The van der Waals surface area contributed by atoms with Crippen LogP contribution in [0.15, 0.2) is 81.2 Å². The molecule has 0 bridgehead atoms. The first-order valence-electron chi connectivity index (χ1n) is 9.44. The number of rotatable bonds is 4. The number of aromatic nitrogens is 2. The van der Waals surface area contributed by atoms with E-state index in [0.717, 1.165) is 26.9 Å². The second-order valence-electron chi connectivity index (χ2n) is 6.90. The molecular weight excluding hydrogens is 464 g/mol. The number of hydrogen-bond donors (Lipinski definition) is 1. The van der Waals surface area contributed by atoms with Crippen LogP contribution in [0.2, 0.25) is 0 Å². The maximum absolute atomic E-state index is 12.3. The second kappa shape index (κ2) is 8.26. The van der Waals surface area contributed by atoms with E-state index in [2.05, 4.69) is 25.9 Å². The van der Waals surface area contributed by atoms with Crippen molar-refractivity contribution in [3.63, 3.8) is 0 Å². The number of nitrogens with one attached hydrogen (secondary N) is 1. The lowest BCUT2D eigenvalue weighted by atomic mass is 10.1. The van der Waals surface area contributed by atoms with Gasteiger partial charge < -0.3 is 14.5 Å². The molecule has 0 saturated heterocycles. The maximum Gasteiger partial charge on any atom is 0.259 e. The summed E-state index contributed by atoms with van der Waals surface area (Å²) in [5.41, 5.74) is 3.55. The summed E-state index contributed by atoms with van der Waals surface area (Å²) in [6.45, 7) is 0.469. The maximum atomic E-state index is 12.3. The fraction of sp³-hybridized carbons (Fsp3) is 0.130. The number of thioether (sulfide) groups is 1. The number of benzene rings is 3. The fourth-order valence-electron chi connectivity index (χ4n) is 3.44. The topological polar surface area (TPSA) is 64.2 Å². The molecule has 1 aliphatic rings. The fourth-order valence-corrected chi connectivity index (χ4v) is 4.83. The van der Waals surface area contributed by atoms with Crippen molar-refractivity contribution in [2.45, 2.75) is 23.8 Å². The first kappa shape index (κ1) is 19.4. The Morgan fingerprint density at radius 2 is 1.90 bits per heavy atom. The number of H-pyrrole nitrogens is 1. The minimum absolute atomic E-state index is 0.131. The zero-order chi connectivity index (χ0) is 20.5. The lowest BCUT2D eigenvalue weighted by Crippen LogP contribution is -2.19. The van der Waals surface area contributed by atoms with E-state index in [1.54, 1.807) is 6.07 Å². The van der Waals surface area contributed by atoms with E-state index in [0.29, 0.717) is 28.4 Å². The Balaban J connectivity index is 1.43. The molecule has 3 aromatic carbocycles. The summed E-state index contributed by atoms with van der Waals surface area (Å²) in [7, 11) is 0. The summed E-state index contributed by atoms with van der Waals surface area (Å²) >= 11 is 5.05. The number of nitrogens with zero attached hydrogens (tertiary/aromatic N) is 1. The van der Waals surface area contributed by atoms with Crippen LogP contribution >= 0.6 is 27.7 Å². The van der Waals surface area contributed by atoms with Crippen LogP contribution in [-0.4, -0.2) is 9.97 Å². The predicted molar refractivity (Wildman–Crippen MR) is 121 cm³/mol. The van der Waals surface area contributed by atoms with E-state index in [1.165, 1.54) is 11.8 Å². The largest absolute Gasteiger partial charge is 0.460 e. The zero-order valence-electron chi connectivity index (χ0n) is 15.8. The van der Waals surface area contributed by atoms with Gasteiger partial charge in [-0.05, 0) is 24.3 Å². The molecule has 5 rings (SSSR count). The summed E-state index contributed by atoms with van der Waals surface area (Å²) in [6.07, 6.45) is -0.442. The quantitative estimate of drug-likeness (QED) is 0.304. The molecule has 0 amide bonds. The molecule has 5 nitrogen and oxygen atoms in total. The van der Waals surface area contributed by atoms with Crippen LogP contribution < -0.4 is 10.3 Å². The highest BCUT2D eigenvalue weighted by Gasteiger charge is 2.25. The smallest absolute Gasteiger partial charge is 0.259 e. The highest BCUT2D eigenvalue weighted by molar-refractivity contribution is 9.10. The Kier molecular flexibility index (Phi) is 5.33. The molecule has 1 atom stereocenters. The lowest BCUT2D eigenvalue weighted by molar-refractivity contribution is -0.111. The minimum atomic E-state index is -0.442. The summed E-state index contributed by atoms with van der Waals surface area (Å²) < 4.78 is 13.1. The molecule has 0 aliphatic carbocycles. The number of aromatic amines is 1. The summed E-state index contributed by atoms with van der Waals surface area (Å²) in [5, 5.41) is 1.17. The molecule has 0 spiro atoms. The van der Waals surface area contributed by atoms with Crippen LogP contribution in [0.25, 0.3) is 10.9 Å². The monoisotopic (exact) mass is 480 g/mol. The van der Waals surface area contributed by atoms with Gasteiger partial charge in [0.1, 0.15) is 5.75 Å². The average molecular weight is 481 g/mol.